The SMILES string of the molecule is C=C1CCC2CC2C=C(C(=O)O)CCC1O. The quantitative estimate of drug-likeness (QED) is 0.668. The maximum Gasteiger partial charge on any atom is 0.331 e. The van der Waals surface area contributed by atoms with Crippen LogP contribution in [-0.2, 0) is 4.79 Å². The van der Waals surface area contributed by atoms with E-state index in [1.165, 1.54) is 0 Å². The van der Waals surface area contributed by atoms with Crippen LogP contribution in [0.15, 0.2) is 23.8 Å². The second-order valence-corrected chi connectivity index (χ2v) is 4.91. The van der Waals surface area contributed by atoms with Crippen LogP contribution in [0.1, 0.15) is 32.1 Å². The van der Waals surface area contributed by atoms with E-state index in [2.05, 4.69) is 6.58 Å². The number of aliphatic hydroxyl groups is 1. The Kier molecular flexibility index (Phi) is 3.15. The van der Waals surface area contributed by atoms with Gasteiger partial charge in [0.25, 0.3) is 0 Å². The van der Waals surface area contributed by atoms with E-state index in [-0.39, 0.29) is 0 Å². The molecule has 0 amide bonds. The predicted octanol–water partition coefficient (Wildman–Crippen LogP) is 2.12. The van der Waals surface area contributed by atoms with Gasteiger partial charge in [-0.05, 0) is 49.5 Å². The monoisotopic (exact) mass is 222 g/mol. The fourth-order valence-corrected chi connectivity index (χ4v) is 2.36. The van der Waals surface area contributed by atoms with Crippen molar-refractivity contribution in [3.8, 4) is 0 Å². The third-order valence-corrected chi connectivity index (χ3v) is 3.66. The molecule has 2 aliphatic carbocycles. The van der Waals surface area contributed by atoms with Crippen molar-refractivity contribution < 1.29 is 15.0 Å². The van der Waals surface area contributed by atoms with Gasteiger partial charge in [-0.3, -0.25) is 0 Å². The summed E-state index contributed by atoms with van der Waals surface area (Å²) in [4.78, 5) is 11.0. The molecule has 1 saturated carbocycles. The van der Waals surface area contributed by atoms with Crippen molar-refractivity contribution >= 4 is 5.97 Å². The lowest BCUT2D eigenvalue weighted by Crippen LogP contribution is -2.13. The van der Waals surface area contributed by atoms with Crippen LogP contribution in [0, 0.1) is 11.8 Å². The van der Waals surface area contributed by atoms with Crippen LogP contribution < -0.4 is 0 Å². The lowest BCUT2D eigenvalue weighted by Gasteiger charge is -2.15. The molecular weight excluding hydrogens is 204 g/mol. The molecule has 3 atom stereocenters. The smallest absolute Gasteiger partial charge is 0.331 e. The van der Waals surface area contributed by atoms with E-state index in [1.807, 2.05) is 6.08 Å². The summed E-state index contributed by atoms with van der Waals surface area (Å²) in [5.41, 5.74) is 1.32. The Morgan fingerprint density at radius 3 is 2.81 bits per heavy atom. The summed E-state index contributed by atoms with van der Waals surface area (Å²) in [7, 11) is 0. The summed E-state index contributed by atoms with van der Waals surface area (Å²) in [6.07, 6.45) is 5.28. The first kappa shape index (κ1) is 11.4. The van der Waals surface area contributed by atoms with Gasteiger partial charge >= 0.3 is 5.97 Å². The van der Waals surface area contributed by atoms with E-state index in [9.17, 15) is 9.90 Å². The summed E-state index contributed by atoms with van der Waals surface area (Å²) in [5, 5.41) is 18.8. The van der Waals surface area contributed by atoms with Crippen LogP contribution in [0.2, 0.25) is 0 Å². The summed E-state index contributed by atoms with van der Waals surface area (Å²) in [6, 6.07) is 0. The minimum Gasteiger partial charge on any atom is -0.478 e. The van der Waals surface area contributed by atoms with E-state index >= 15 is 0 Å². The summed E-state index contributed by atoms with van der Waals surface area (Å²) in [5.74, 6) is 0.217. The number of allylic oxidation sites excluding steroid dienone is 1. The normalized spacial score (nSPS) is 34.9. The van der Waals surface area contributed by atoms with E-state index in [1.54, 1.807) is 0 Å². The molecule has 3 unspecified atom stereocenters. The van der Waals surface area contributed by atoms with Gasteiger partial charge in [0.15, 0.2) is 0 Å². The Bertz CT molecular complexity index is 343. The molecule has 88 valence electrons. The van der Waals surface area contributed by atoms with Crippen LogP contribution >= 0.6 is 0 Å². The third kappa shape index (κ3) is 2.53. The van der Waals surface area contributed by atoms with E-state index in [0.717, 1.165) is 24.8 Å². The van der Waals surface area contributed by atoms with Gasteiger partial charge in [-0.15, -0.1) is 0 Å². The number of fused-ring (bicyclic) bond motifs is 1. The summed E-state index contributed by atoms with van der Waals surface area (Å²) >= 11 is 0. The zero-order chi connectivity index (χ0) is 11.7. The molecule has 1 fully saturated rings. The molecule has 2 rings (SSSR count). The number of rotatable bonds is 1. The second kappa shape index (κ2) is 4.42. The van der Waals surface area contributed by atoms with E-state index in [4.69, 9.17) is 5.11 Å². The molecule has 3 heteroatoms. The summed E-state index contributed by atoms with van der Waals surface area (Å²) in [6.45, 7) is 3.88. The van der Waals surface area contributed by atoms with Crippen molar-refractivity contribution in [2.24, 2.45) is 11.8 Å². The average molecular weight is 222 g/mol. The van der Waals surface area contributed by atoms with Gasteiger partial charge in [0.1, 0.15) is 0 Å². The number of carboxylic acid groups (broad SMARTS) is 1. The average Bonchev–Trinajstić information content (AvgIpc) is 2.97. The molecule has 3 nitrogen and oxygen atoms in total. The van der Waals surface area contributed by atoms with Gasteiger partial charge in [0.2, 0.25) is 0 Å². The minimum absolute atomic E-state index is 0.443. The van der Waals surface area contributed by atoms with Crippen LogP contribution in [-0.4, -0.2) is 22.3 Å². The molecule has 0 radical (unpaired) electrons. The van der Waals surface area contributed by atoms with E-state index in [0.29, 0.717) is 30.3 Å². The van der Waals surface area contributed by atoms with Crippen LogP contribution in [0.5, 0.6) is 0 Å². The van der Waals surface area contributed by atoms with Crippen molar-refractivity contribution in [2.75, 3.05) is 0 Å². The fourth-order valence-electron chi connectivity index (χ4n) is 2.36. The lowest BCUT2D eigenvalue weighted by molar-refractivity contribution is -0.132. The first-order chi connectivity index (χ1) is 7.58. The number of carbonyl (C=O) groups is 1. The fraction of sp³-hybridized carbons (Fsp3) is 0.615. The number of hydrogen-bond donors (Lipinski definition) is 2. The van der Waals surface area contributed by atoms with Gasteiger partial charge in [0.05, 0.1) is 6.10 Å². The Balaban J connectivity index is 2.11. The molecule has 0 aromatic rings. The first-order valence-electron chi connectivity index (χ1n) is 5.87. The highest BCUT2D eigenvalue weighted by molar-refractivity contribution is 5.86. The molecule has 2 aliphatic rings. The highest BCUT2D eigenvalue weighted by Crippen LogP contribution is 2.45. The van der Waals surface area contributed by atoms with Gasteiger partial charge in [-0.2, -0.15) is 0 Å². The van der Waals surface area contributed by atoms with Crippen molar-refractivity contribution in [2.45, 2.75) is 38.2 Å². The molecule has 0 spiro atoms. The minimum atomic E-state index is -0.843. The zero-order valence-corrected chi connectivity index (χ0v) is 9.35. The van der Waals surface area contributed by atoms with Crippen LogP contribution in [0.25, 0.3) is 0 Å². The maximum atomic E-state index is 11.0. The van der Waals surface area contributed by atoms with Gasteiger partial charge in [0, 0.05) is 5.57 Å². The highest BCUT2D eigenvalue weighted by atomic mass is 16.4. The molecule has 0 aromatic carbocycles. The molecule has 2 N–H and O–H groups in total. The van der Waals surface area contributed by atoms with Crippen molar-refractivity contribution in [1.82, 2.24) is 0 Å². The molecule has 0 aromatic heterocycles. The number of carboxylic acids is 1. The van der Waals surface area contributed by atoms with Gasteiger partial charge in [-0.1, -0.05) is 12.7 Å². The molecule has 0 aliphatic heterocycles. The van der Waals surface area contributed by atoms with Crippen molar-refractivity contribution in [1.29, 1.82) is 0 Å². The highest BCUT2D eigenvalue weighted by Gasteiger charge is 2.36. The Morgan fingerprint density at radius 2 is 2.12 bits per heavy atom. The number of hydrogen-bond acceptors (Lipinski definition) is 2. The molecule has 0 heterocycles. The first-order valence-corrected chi connectivity index (χ1v) is 5.87. The molecular formula is C13H18O3. The lowest BCUT2D eigenvalue weighted by atomic mass is 9.95. The predicted molar refractivity (Wildman–Crippen MR) is 60.9 cm³/mol. The summed E-state index contributed by atoms with van der Waals surface area (Å²) < 4.78 is 0. The van der Waals surface area contributed by atoms with Crippen molar-refractivity contribution in [3.63, 3.8) is 0 Å². The van der Waals surface area contributed by atoms with Crippen LogP contribution in [0.4, 0.5) is 0 Å². The second-order valence-electron chi connectivity index (χ2n) is 4.91. The molecule has 0 bridgehead atoms. The number of aliphatic carboxylic acids is 1. The largest absolute Gasteiger partial charge is 0.478 e. The maximum absolute atomic E-state index is 11.0. The van der Waals surface area contributed by atoms with Gasteiger partial charge < -0.3 is 10.2 Å². The molecule has 0 saturated heterocycles. The number of aliphatic hydroxyl groups excluding tert-OH is 1. The zero-order valence-electron chi connectivity index (χ0n) is 9.35. The Hall–Kier alpha value is -1.09. The molecule has 16 heavy (non-hydrogen) atoms. The van der Waals surface area contributed by atoms with Gasteiger partial charge in [-0.25, -0.2) is 4.79 Å². The third-order valence-electron chi connectivity index (χ3n) is 3.66. The standard InChI is InChI=1S/C13H18O3/c1-8-2-3-9-6-11(9)7-10(13(15)16)4-5-12(8)14/h7,9,11-12,14H,1-6H2,(H,15,16). The van der Waals surface area contributed by atoms with Crippen LogP contribution in [0.3, 0.4) is 0 Å². The topological polar surface area (TPSA) is 57.5 Å². The Labute approximate surface area is 95.5 Å². The van der Waals surface area contributed by atoms with Crippen molar-refractivity contribution in [3.05, 3.63) is 23.8 Å². The van der Waals surface area contributed by atoms with E-state index < -0.39 is 12.1 Å². The Morgan fingerprint density at radius 1 is 1.38 bits per heavy atom.